The number of carboxylic acid groups (broad SMARTS) is 1. The van der Waals surface area contributed by atoms with Crippen LogP contribution >= 0.6 is 23.4 Å². The SMILES string of the molecule is N#CCOc1cccc(/C=C(\Sc2nnc(-c3ccc(Cl)cc3)o2)C(=O)O)c1. The topological polar surface area (TPSA) is 109 Å². The van der Waals surface area contributed by atoms with E-state index in [0.29, 0.717) is 21.9 Å². The molecule has 2 aromatic carbocycles. The van der Waals surface area contributed by atoms with Gasteiger partial charge in [-0.1, -0.05) is 23.7 Å². The zero-order valence-corrected chi connectivity index (χ0v) is 15.8. The lowest BCUT2D eigenvalue weighted by atomic mass is 10.2. The van der Waals surface area contributed by atoms with Crippen molar-refractivity contribution in [3.8, 4) is 23.3 Å². The van der Waals surface area contributed by atoms with Crippen molar-refractivity contribution in [3.05, 3.63) is 64.0 Å². The predicted octanol–water partition coefficient (Wildman–Crippen LogP) is 4.51. The van der Waals surface area contributed by atoms with Gasteiger partial charge in [-0.05, 0) is 59.8 Å². The van der Waals surface area contributed by atoms with E-state index in [9.17, 15) is 9.90 Å². The third-order valence-corrected chi connectivity index (χ3v) is 4.47. The summed E-state index contributed by atoms with van der Waals surface area (Å²) in [6.45, 7) is -0.0941. The Morgan fingerprint density at radius 1 is 1.29 bits per heavy atom. The maximum absolute atomic E-state index is 11.6. The fraction of sp³-hybridized carbons (Fsp3) is 0.0526. The van der Waals surface area contributed by atoms with Gasteiger partial charge in [-0.15, -0.1) is 10.2 Å². The van der Waals surface area contributed by atoms with Gasteiger partial charge in [-0.25, -0.2) is 4.79 Å². The lowest BCUT2D eigenvalue weighted by Crippen LogP contribution is -1.97. The molecule has 9 heteroatoms. The normalized spacial score (nSPS) is 11.1. The van der Waals surface area contributed by atoms with E-state index >= 15 is 0 Å². The summed E-state index contributed by atoms with van der Waals surface area (Å²) in [5.41, 5.74) is 1.27. The number of ether oxygens (including phenoxy) is 1. The molecule has 3 aromatic rings. The molecule has 0 bridgehead atoms. The number of carbonyl (C=O) groups is 1. The number of benzene rings is 2. The third kappa shape index (κ3) is 5.13. The Labute approximate surface area is 169 Å². The molecule has 140 valence electrons. The molecule has 1 N–H and O–H groups in total. The van der Waals surface area contributed by atoms with Gasteiger partial charge >= 0.3 is 5.97 Å². The number of hydrogen-bond acceptors (Lipinski definition) is 7. The summed E-state index contributed by atoms with van der Waals surface area (Å²) in [5, 5.41) is 26.6. The molecule has 1 aromatic heterocycles. The van der Waals surface area contributed by atoms with E-state index in [-0.39, 0.29) is 22.6 Å². The molecule has 0 aliphatic carbocycles. The second-order valence-corrected chi connectivity index (χ2v) is 6.74. The Morgan fingerprint density at radius 3 is 2.79 bits per heavy atom. The average molecular weight is 414 g/mol. The maximum atomic E-state index is 11.6. The van der Waals surface area contributed by atoms with Crippen LogP contribution in [0.2, 0.25) is 5.02 Å². The number of rotatable bonds is 7. The van der Waals surface area contributed by atoms with Crippen molar-refractivity contribution >= 4 is 35.4 Å². The number of thioether (sulfide) groups is 1. The molecule has 0 aliphatic rings. The Morgan fingerprint density at radius 2 is 2.07 bits per heavy atom. The van der Waals surface area contributed by atoms with Crippen molar-refractivity contribution in [1.29, 1.82) is 5.26 Å². The quantitative estimate of drug-likeness (QED) is 0.445. The standard InChI is InChI=1S/C19H12ClN3O4S/c20-14-6-4-13(5-7-14)17-22-23-19(27-17)28-16(18(24)25)11-12-2-1-3-15(10-12)26-9-8-21/h1-7,10-11H,9H2,(H,24,25)/b16-11-. The number of halogens is 1. The second kappa shape index (κ2) is 9.08. The van der Waals surface area contributed by atoms with Gasteiger partial charge < -0.3 is 14.3 Å². The van der Waals surface area contributed by atoms with Gasteiger partial charge in [0, 0.05) is 10.6 Å². The Bertz CT molecular complexity index is 1060. The van der Waals surface area contributed by atoms with Crippen LogP contribution in [0.4, 0.5) is 0 Å². The molecule has 0 amide bonds. The van der Waals surface area contributed by atoms with E-state index in [1.54, 1.807) is 48.5 Å². The molecular weight excluding hydrogens is 402 g/mol. The number of carboxylic acids is 1. The summed E-state index contributed by atoms with van der Waals surface area (Å²) in [5.74, 6) is -0.414. The Hall–Kier alpha value is -3.28. The van der Waals surface area contributed by atoms with Crippen molar-refractivity contribution in [2.75, 3.05) is 6.61 Å². The summed E-state index contributed by atoms with van der Waals surface area (Å²) in [6, 6.07) is 15.4. The first-order chi connectivity index (χ1) is 13.5. The van der Waals surface area contributed by atoms with Gasteiger partial charge in [-0.3, -0.25) is 0 Å². The fourth-order valence-corrected chi connectivity index (χ4v) is 2.95. The number of aromatic nitrogens is 2. The van der Waals surface area contributed by atoms with E-state index in [1.807, 2.05) is 6.07 Å². The van der Waals surface area contributed by atoms with Crippen LogP contribution in [-0.4, -0.2) is 27.9 Å². The van der Waals surface area contributed by atoms with Crippen LogP contribution in [-0.2, 0) is 4.79 Å². The van der Waals surface area contributed by atoms with Crippen LogP contribution in [0.25, 0.3) is 17.5 Å². The Balaban J connectivity index is 1.80. The van der Waals surface area contributed by atoms with E-state index in [2.05, 4.69) is 10.2 Å². The summed E-state index contributed by atoms with van der Waals surface area (Å²) in [6.07, 6.45) is 1.46. The van der Waals surface area contributed by atoms with Crippen molar-refractivity contribution < 1.29 is 19.1 Å². The van der Waals surface area contributed by atoms with Crippen molar-refractivity contribution in [1.82, 2.24) is 10.2 Å². The second-order valence-electron chi connectivity index (χ2n) is 5.32. The van der Waals surface area contributed by atoms with Gasteiger partial charge in [0.05, 0.1) is 0 Å². The van der Waals surface area contributed by atoms with Crippen molar-refractivity contribution in [2.24, 2.45) is 0 Å². The first-order valence-electron chi connectivity index (χ1n) is 7.87. The van der Waals surface area contributed by atoms with E-state index in [4.69, 9.17) is 26.0 Å². The van der Waals surface area contributed by atoms with Crippen LogP contribution in [0.15, 0.2) is 63.1 Å². The highest BCUT2D eigenvalue weighted by atomic mass is 35.5. The summed E-state index contributed by atoms with van der Waals surface area (Å²) >= 11 is 6.69. The molecule has 3 rings (SSSR count). The monoisotopic (exact) mass is 413 g/mol. The highest BCUT2D eigenvalue weighted by molar-refractivity contribution is 8.03. The third-order valence-electron chi connectivity index (χ3n) is 3.36. The molecule has 28 heavy (non-hydrogen) atoms. The zero-order chi connectivity index (χ0) is 19.9. The van der Waals surface area contributed by atoms with Gasteiger partial charge in [0.2, 0.25) is 5.89 Å². The van der Waals surface area contributed by atoms with Crippen LogP contribution < -0.4 is 4.74 Å². The summed E-state index contributed by atoms with van der Waals surface area (Å²) < 4.78 is 10.8. The number of nitriles is 1. The minimum Gasteiger partial charge on any atom is -0.479 e. The fourth-order valence-electron chi connectivity index (χ4n) is 2.15. The summed E-state index contributed by atoms with van der Waals surface area (Å²) in [7, 11) is 0. The molecule has 1 heterocycles. The van der Waals surface area contributed by atoms with Crippen molar-refractivity contribution in [2.45, 2.75) is 5.22 Å². The van der Waals surface area contributed by atoms with E-state index in [1.165, 1.54) is 6.08 Å². The molecule has 0 radical (unpaired) electrons. The zero-order valence-electron chi connectivity index (χ0n) is 14.2. The van der Waals surface area contributed by atoms with Gasteiger partial charge in [0.1, 0.15) is 16.7 Å². The lowest BCUT2D eigenvalue weighted by Gasteiger charge is -2.03. The smallest absolute Gasteiger partial charge is 0.342 e. The molecule has 0 unspecified atom stereocenters. The minimum atomic E-state index is -1.14. The molecule has 0 spiro atoms. The number of hydrogen-bond donors (Lipinski definition) is 1. The van der Waals surface area contributed by atoms with Gasteiger partial charge in [0.15, 0.2) is 6.61 Å². The van der Waals surface area contributed by atoms with Gasteiger partial charge in [-0.2, -0.15) is 5.26 Å². The number of aliphatic carboxylic acids is 1. The Kier molecular flexibility index (Phi) is 6.32. The highest BCUT2D eigenvalue weighted by Gasteiger charge is 2.16. The average Bonchev–Trinajstić information content (AvgIpc) is 3.15. The van der Waals surface area contributed by atoms with E-state index in [0.717, 1.165) is 11.8 Å². The molecule has 7 nitrogen and oxygen atoms in total. The first kappa shape index (κ1) is 19.5. The lowest BCUT2D eigenvalue weighted by molar-refractivity contribution is -0.131. The largest absolute Gasteiger partial charge is 0.479 e. The van der Waals surface area contributed by atoms with E-state index < -0.39 is 5.97 Å². The molecular formula is C19H12ClN3O4S. The van der Waals surface area contributed by atoms with Gasteiger partial charge in [0.25, 0.3) is 5.22 Å². The number of nitrogens with zero attached hydrogens (tertiary/aromatic N) is 3. The molecule has 0 fully saturated rings. The van der Waals surface area contributed by atoms with Crippen LogP contribution in [0.5, 0.6) is 5.75 Å². The first-order valence-corrected chi connectivity index (χ1v) is 9.06. The molecule has 0 saturated carbocycles. The minimum absolute atomic E-state index is 0.0104. The van der Waals surface area contributed by atoms with Crippen LogP contribution in [0, 0.1) is 11.3 Å². The maximum Gasteiger partial charge on any atom is 0.342 e. The summed E-state index contributed by atoms with van der Waals surface area (Å²) in [4.78, 5) is 11.6. The highest BCUT2D eigenvalue weighted by Crippen LogP contribution is 2.30. The van der Waals surface area contributed by atoms with Crippen LogP contribution in [0.1, 0.15) is 5.56 Å². The van der Waals surface area contributed by atoms with Crippen LogP contribution in [0.3, 0.4) is 0 Å². The molecule has 0 atom stereocenters. The van der Waals surface area contributed by atoms with Crippen molar-refractivity contribution in [3.63, 3.8) is 0 Å². The molecule has 0 saturated heterocycles. The molecule has 0 aliphatic heterocycles. The predicted molar refractivity (Wildman–Crippen MR) is 104 cm³/mol.